The molecule has 14 nitrogen and oxygen atoms in total. The number of fused-ring (bicyclic) bond motifs is 2. The first kappa shape index (κ1) is 30.8. The zero-order valence-corrected chi connectivity index (χ0v) is 25.4. The molecule has 5 atom stereocenters. The summed E-state index contributed by atoms with van der Waals surface area (Å²) >= 11 is 3.35. The number of carbonyl (C=O) groups is 5. The Kier molecular flexibility index (Phi) is 8.52. The molecule has 2 aliphatic rings. The molecule has 2 aliphatic heterocycles. The van der Waals surface area contributed by atoms with Crippen LogP contribution in [0, 0.1) is 0 Å². The number of halogens is 1. The van der Waals surface area contributed by atoms with Crippen LogP contribution in [0.4, 0.5) is 0 Å². The lowest BCUT2D eigenvalue weighted by Gasteiger charge is -2.45. The van der Waals surface area contributed by atoms with Gasteiger partial charge in [0.1, 0.15) is 12.7 Å². The smallest absolute Gasteiger partial charge is 0.303 e. The van der Waals surface area contributed by atoms with E-state index < -0.39 is 72.9 Å². The second-order valence-corrected chi connectivity index (χ2v) is 10.9. The maximum atomic E-state index is 13.2. The van der Waals surface area contributed by atoms with E-state index >= 15 is 0 Å². The van der Waals surface area contributed by atoms with Gasteiger partial charge in [0, 0.05) is 49.0 Å². The molecule has 0 spiro atoms. The lowest BCUT2D eigenvalue weighted by molar-refractivity contribution is -0.268. The summed E-state index contributed by atoms with van der Waals surface area (Å²) < 4.78 is 29.9. The van der Waals surface area contributed by atoms with Crippen LogP contribution in [0.15, 0.2) is 46.0 Å². The van der Waals surface area contributed by atoms with Gasteiger partial charge in [-0.3, -0.25) is 28.5 Å². The molecule has 1 amide bonds. The minimum Gasteiger partial charge on any atom is -0.494 e. The average Bonchev–Trinajstić information content (AvgIpc) is 3.40. The number of nitrogens with zero attached hydrogens (tertiary/aromatic N) is 3. The van der Waals surface area contributed by atoms with Crippen LogP contribution in [0.25, 0.3) is 16.5 Å². The molecule has 1 aromatic carbocycles. The third kappa shape index (κ3) is 5.79. The monoisotopic (exact) mass is 671 g/mol. The molecule has 15 heteroatoms. The Morgan fingerprint density at radius 2 is 1.59 bits per heavy atom. The minimum atomic E-state index is -1.50. The van der Waals surface area contributed by atoms with Gasteiger partial charge in [-0.1, -0.05) is 18.2 Å². The topological polar surface area (TPSA) is 182 Å². The van der Waals surface area contributed by atoms with Crippen LogP contribution in [0.1, 0.15) is 39.5 Å². The van der Waals surface area contributed by atoms with Crippen molar-refractivity contribution in [3.05, 3.63) is 57.3 Å². The molecule has 0 aliphatic carbocycles. The van der Waals surface area contributed by atoms with Gasteiger partial charge in [-0.15, -0.1) is 0 Å². The number of rotatable bonds is 7. The van der Waals surface area contributed by atoms with Crippen molar-refractivity contribution in [2.45, 2.75) is 58.3 Å². The molecule has 0 saturated carbocycles. The molecular formula is C29H26BrN3O11. The van der Waals surface area contributed by atoms with Gasteiger partial charge in [0.25, 0.3) is 5.91 Å². The van der Waals surface area contributed by atoms with Crippen molar-refractivity contribution in [2.24, 2.45) is 4.99 Å². The third-order valence-electron chi connectivity index (χ3n) is 6.88. The Balaban J connectivity index is 1.77. The normalized spacial score (nSPS) is 22.6. The van der Waals surface area contributed by atoms with Gasteiger partial charge in [0.05, 0.1) is 16.7 Å². The Morgan fingerprint density at radius 3 is 2.25 bits per heavy atom. The van der Waals surface area contributed by atoms with Crippen molar-refractivity contribution < 1.29 is 52.8 Å². The number of benzene rings is 1. The van der Waals surface area contributed by atoms with Crippen LogP contribution in [0.2, 0.25) is 0 Å². The van der Waals surface area contributed by atoms with Crippen molar-refractivity contribution >= 4 is 62.2 Å². The highest BCUT2D eigenvalue weighted by Crippen LogP contribution is 2.43. The summed E-state index contributed by atoms with van der Waals surface area (Å²) in [6.45, 7) is 4.04. The number of para-hydroxylation sites is 1. The summed E-state index contributed by atoms with van der Waals surface area (Å²) in [6, 6.07) is 8.30. The first-order valence-corrected chi connectivity index (χ1v) is 14.1. The van der Waals surface area contributed by atoms with Gasteiger partial charge in [-0.25, -0.2) is 4.98 Å². The summed E-state index contributed by atoms with van der Waals surface area (Å²) in [4.78, 5) is 69.9. The molecular weight excluding hydrogens is 646 g/mol. The van der Waals surface area contributed by atoms with Crippen molar-refractivity contribution in [3.63, 3.8) is 0 Å². The van der Waals surface area contributed by atoms with Gasteiger partial charge < -0.3 is 28.8 Å². The molecule has 3 aromatic rings. The zero-order chi connectivity index (χ0) is 31.9. The van der Waals surface area contributed by atoms with Crippen LogP contribution in [0.3, 0.4) is 0 Å². The number of amides is 1. The SMILES string of the molecule is CC(=O)OC[C@H]1OC(n2c(O)c(C3=c4cc(Br)cnc4=NC3=O)c3ccccc32)[C@H](OC(C)=O)[C@@H](OC(C)=O)[C@@H]1OC(C)=O. The van der Waals surface area contributed by atoms with Gasteiger partial charge in [0.15, 0.2) is 30.0 Å². The quantitative estimate of drug-likeness (QED) is 0.280. The van der Waals surface area contributed by atoms with Crippen molar-refractivity contribution in [1.82, 2.24) is 9.55 Å². The highest BCUT2D eigenvalue weighted by atomic mass is 79.9. The molecule has 1 saturated heterocycles. The standard InChI is InChI=1S/C29H26BrN3O11/c1-12(34)40-11-20-23(41-13(2)35)24(42-14(3)36)25(43-15(4)37)29(44-20)33-19-8-6-5-7-17(19)22(28(33)39)21-18-9-16(30)10-31-26(18)32-27(21)38/h5-10,20,23-25,29,39H,11H2,1-4H3/t20-,23-,24+,25-,29?/m1/s1. The van der Waals surface area contributed by atoms with Crippen LogP contribution in [-0.4, -0.2) is 75.5 Å². The Labute approximate surface area is 257 Å². The number of hydrogen-bond donors (Lipinski definition) is 1. The summed E-state index contributed by atoms with van der Waals surface area (Å²) in [7, 11) is 0. The van der Waals surface area contributed by atoms with Gasteiger partial charge in [-0.2, -0.15) is 4.99 Å². The number of aromatic hydroxyl groups is 1. The zero-order valence-electron chi connectivity index (χ0n) is 23.8. The molecule has 1 fully saturated rings. The molecule has 5 rings (SSSR count). The van der Waals surface area contributed by atoms with Gasteiger partial charge in [0.2, 0.25) is 5.88 Å². The summed E-state index contributed by atoms with van der Waals surface area (Å²) in [5, 5.41) is 12.7. The fourth-order valence-corrected chi connectivity index (χ4v) is 5.71. The largest absolute Gasteiger partial charge is 0.494 e. The van der Waals surface area contributed by atoms with Crippen LogP contribution < -0.4 is 10.7 Å². The number of carbonyl (C=O) groups excluding carboxylic acids is 5. The lowest BCUT2D eigenvalue weighted by atomic mass is 9.97. The van der Waals surface area contributed by atoms with Gasteiger partial charge in [-0.05, 0) is 28.1 Å². The van der Waals surface area contributed by atoms with Gasteiger partial charge >= 0.3 is 23.9 Å². The van der Waals surface area contributed by atoms with E-state index in [0.717, 1.165) is 27.7 Å². The van der Waals surface area contributed by atoms with Crippen molar-refractivity contribution in [3.8, 4) is 5.88 Å². The van der Waals surface area contributed by atoms with E-state index in [9.17, 15) is 29.1 Å². The lowest BCUT2D eigenvalue weighted by Crippen LogP contribution is -2.60. The summed E-state index contributed by atoms with van der Waals surface area (Å²) in [5.74, 6) is -4.18. The first-order valence-electron chi connectivity index (χ1n) is 13.3. The maximum Gasteiger partial charge on any atom is 0.303 e. The minimum absolute atomic E-state index is 0.0619. The number of hydrogen-bond acceptors (Lipinski definition) is 12. The molecule has 44 heavy (non-hydrogen) atoms. The average molecular weight is 672 g/mol. The molecule has 2 aromatic heterocycles. The van der Waals surface area contributed by atoms with Crippen LogP contribution in [-0.2, 0) is 47.7 Å². The van der Waals surface area contributed by atoms with Crippen LogP contribution in [0.5, 0.6) is 5.88 Å². The maximum absolute atomic E-state index is 13.2. The second-order valence-electron chi connectivity index (χ2n) is 9.99. The van der Waals surface area contributed by atoms with Crippen molar-refractivity contribution in [2.75, 3.05) is 6.61 Å². The van der Waals surface area contributed by atoms with E-state index in [1.165, 1.54) is 10.8 Å². The van der Waals surface area contributed by atoms with E-state index in [2.05, 4.69) is 25.9 Å². The van der Waals surface area contributed by atoms with E-state index in [0.29, 0.717) is 20.6 Å². The third-order valence-corrected chi connectivity index (χ3v) is 7.31. The Morgan fingerprint density at radius 1 is 0.955 bits per heavy atom. The predicted molar refractivity (Wildman–Crippen MR) is 151 cm³/mol. The van der Waals surface area contributed by atoms with E-state index in [1.807, 2.05) is 0 Å². The number of pyridine rings is 1. The van der Waals surface area contributed by atoms with E-state index in [1.54, 1.807) is 30.3 Å². The predicted octanol–water partition coefficient (Wildman–Crippen LogP) is 1.12. The Bertz CT molecular complexity index is 1840. The molecule has 230 valence electrons. The molecule has 4 heterocycles. The second kappa shape index (κ2) is 12.2. The highest BCUT2D eigenvalue weighted by molar-refractivity contribution is 9.10. The highest BCUT2D eigenvalue weighted by Gasteiger charge is 2.53. The molecule has 1 N–H and O–H groups in total. The first-order chi connectivity index (χ1) is 20.9. The summed E-state index contributed by atoms with van der Waals surface area (Å²) in [5.41, 5.74) is 0.655. The van der Waals surface area contributed by atoms with E-state index in [-0.39, 0.29) is 16.6 Å². The molecule has 0 bridgehead atoms. The van der Waals surface area contributed by atoms with Crippen LogP contribution >= 0.6 is 15.9 Å². The number of esters is 4. The fraction of sp³-hybridized carbons (Fsp3) is 0.345. The summed E-state index contributed by atoms with van der Waals surface area (Å²) in [6.07, 6.45) is -5.59. The molecule has 0 radical (unpaired) electrons. The van der Waals surface area contributed by atoms with E-state index in [4.69, 9.17) is 23.7 Å². The van der Waals surface area contributed by atoms with Crippen molar-refractivity contribution in [1.29, 1.82) is 0 Å². The fourth-order valence-electron chi connectivity index (χ4n) is 5.38. The number of aromatic nitrogens is 2. The number of ether oxygens (including phenoxy) is 5. The molecule has 1 unspecified atom stereocenters. The Hall–Kier alpha value is -4.63.